The van der Waals surface area contributed by atoms with Crippen LogP contribution in [0.3, 0.4) is 0 Å². The number of hydrogen-bond acceptors (Lipinski definition) is 3. The Hall–Kier alpha value is -2.53. The zero-order valence-electron chi connectivity index (χ0n) is 13.4. The number of anilines is 1. The second kappa shape index (κ2) is 7.36. The Morgan fingerprint density at radius 2 is 1.88 bits per heavy atom. The molecule has 0 aliphatic heterocycles. The summed E-state index contributed by atoms with van der Waals surface area (Å²) in [7, 11) is 0. The summed E-state index contributed by atoms with van der Waals surface area (Å²) >= 11 is 1.50. The van der Waals surface area contributed by atoms with E-state index in [1.54, 1.807) is 16.8 Å². The van der Waals surface area contributed by atoms with Gasteiger partial charge in [-0.15, -0.1) is 11.8 Å². The fourth-order valence-electron chi connectivity index (χ4n) is 2.46. The number of carbonyl (C=O) groups is 1. The number of fused-ring (bicyclic) bond motifs is 1. The number of thioether (sulfide) groups is 1. The molecule has 1 aromatic heterocycles. The number of rotatable bonds is 5. The summed E-state index contributed by atoms with van der Waals surface area (Å²) in [5, 5.41) is 5.18. The Bertz CT molecular complexity index is 934. The molecule has 3 aromatic rings. The molecule has 0 unspecified atom stereocenters. The van der Waals surface area contributed by atoms with Crippen LogP contribution in [0.1, 0.15) is 6.92 Å². The lowest BCUT2D eigenvalue weighted by Gasteiger charge is -2.08. The van der Waals surface area contributed by atoms with Gasteiger partial charge in [-0.3, -0.25) is 9.59 Å². The predicted octanol–water partition coefficient (Wildman–Crippen LogP) is 3.75. The maximum atomic E-state index is 12.1. The van der Waals surface area contributed by atoms with Crippen molar-refractivity contribution in [1.29, 1.82) is 0 Å². The van der Waals surface area contributed by atoms with E-state index in [0.29, 0.717) is 18.0 Å². The molecule has 0 spiro atoms. The molecule has 24 heavy (non-hydrogen) atoms. The van der Waals surface area contributed by atoms with Crippen molar-refractivity contribution in [2.24, 2.45) is 0 Å². The van der Waals surface area contributed by atoms with E-state index in [-0.39, 0.29) is 11.5 Å². The van der Waals surface area contributed by atoms with Crippen LogP contribution in [0.4, 0.5) is 5.69 Å². The normalized spacial score (nSPS) is 10.7. The Kier molecular flexibility index (Phi) is 5.01. The van der Waals surface area contributed by atoms with Crippen LogP contribution in [0.15, 0.2) is 70.5 Å². The maximum absolute atomic E-state index is 12.1. The van der Waals surface area contributed by atoms with Crippen LogP contribution in [0.5, 0.6) is 0 Å². The predicted molar refractivity (Wildman–Crippen MR) is 99.7 cm³/mol. The molecule has 1 amide bonds. The number of hydrogen-bond donors (Lipinski definition) is 1. The minimum atomic E-state index is -0.0885. The first-order chi connectivity index (χ1) is 11.7. The molecular weight excluding hydrogens is 320 g/mol. The SMILES string of the molecule is CCn1cc(NC(=O)CSc2ccc3ccccc3c2)ccc1=O. The van der Waals surface area contributed by atoms with E-state index >= 15 is 0 Å². The highest BCUT2D eigenvalue weighted by Crippen LogP contribution is 2.23. The number of benzene rings is 2. The molecule has 1 N–H and O–H groups in total. The Balaban J connectivity index is 1.63. The van der Waals surface area contributed by atoms with Gasteiger partial charge in [0.05, 0.1) is 11.4 Å². The van der Waals surface area contributed by atoms with Crippen LogP contribution < -0.4 is 10.9 Å². The van der Waals surface area contributed by atoms with E-state index in [2.05, 4.69) is 29.6 Å². The quantitative estimate of drug-likeness (QED) is 0.721. The molecule has 0 aliphatic carbocycles. The van der Waals surface area contributed by atoms with Crippen molar-refractivity contribution in [3.8, 4) is 0 Å². The van der Waals surface area contributed by atoms with Crippen molar-refractivity contribution >= 4 is 34.1 Å². The summed E-state index contributed by atoms with van der Waals surface area (Å²) in [6.07, 6.45) is 1.67. The fourth-order valence-corrected chi connectivity index (χ4v) is 3.20. The van der Waals surface area contributed by atoms with Crippen LogP contribution in [-0.4, -0.2) is 16.2 Å². The minimum Gasteiger partial charge on any atom is -0.324 e. The zero-order valence-corrected chi connectivity index (χ0v) is 14.2. The molecule has 0 saturated carbocycles. The third kappa shape index (κ3) is 3.86. The first-order valence-electron chi connectivity index (χ1n) is 7.77. The number of aryl methyl sites for hydroxylation is 1. The van der Waals surface area contributed by atoms with Crippen LogP contribution >= 0.6 is 11.8 Å². The number of nitrogens with zero attached hydrogens (tertiary/aromatic N) is 1. The topological polar surface area (TPSA) is 51.1 Å². The first kappa shape index (κ1) is 16.3. The maximum Gasteiger partial charge on any atom is 0.250 e. The monoisotopic (exact) mass is 338 g/mol. The molecule has 0 bridgehead atoms. The fraction of sp³-hybridized carbons (Fsp3) is 0.158. The van der Waals surface area contributed by atoms with Crippen LogP contribution in [0.25, 0.3) is 10.8 Å². The molecule has 122 valence electrons. The van der Waals surface area contributed by atoms with Crippen molar-refractivity contribution in [2.75, 3.05) is 11.1 Å². The molecule has 0 atom stereocenters. The van der Waals surface area contributed by atoms with Crippen molar-refractivity contribution in [3.05, 3.63) is 71.1 Å². The van der Waals surface area contributed by atoms with Gasteiger partial charge in [-0.05, 0) is 35.9 Å². The van der Waals surface area contributed by atoms with Crippen LogP contribution in [0, 0.1) is 0 Å². The third-order valence-corrected chi connectivity index (χ3v) is 4.69. The Morgan fingerprint density at radius 3 is 2.67 bits per heavy atom. The van der Waals surface area contributed by atoms with Gasteiger partial charge in [0.2, 0.25) is 5.91 Å². The molecule has 5 heteroatoms. The van der Waals surface area contributed by atoms with Gasteiger partial charge in [0.15, 0.2) is 0 Å². The molecule has 0 aliphatic rings. The van der Waals surface area contributed by atoms with Crippen molar-refractivity contribution in [2.45, 2.75) is 18.4 Å². The van der Waals surface area contributed by atoms with Gasteiger partial charge in [0.25, 0.3) is 5.56 Å². The lowest BCUT2D eigenvalue weighted by Crippen LogP contribution is -2.20. The van der Waals surface area contributed by atoms with Crippen LogP contribution in [0.2, 0.25) is 0 Å². The van der Waals surface area contributed by atoms with Crippen LogP contribution in [-0.2, 0) is 11.3 Å². The Morgan fingerprint density at radius 1 is 1.08 bits per heavy atom. The summed E-state index contributed by atoms with van der Waals surface area (Å²) in [5.74, 6) is 0.235. The summed E-state index contributed by atoms with van der Waals surface area (Å²) in [4.78, 5) is 24.7. The molecule has 0 radical (unpaired) electrons. The molecular formula is C19H18N2O2S. The molecule has 3 rings (SSSR count). The summed E-state index contributed by atoms with van der Waals surface area (Å²) in [6, 6.07) is 17.4. The van der Waals surface area contributed by atoms with E-state index in [9.17, 15) is 9.59 Å². The third-order valence-electron chi connectivity index (χ3n) is 3.70. The van der Waals surface area contributed by atoms with Gasteiger partial charge in [0.1, 0.15) is 0 Å². The second-order valence-corrected chi connectivity index (χ2v) is 6.44. The van der Waals surface area contributed by atoms with E-state index in [4.69, 9.17) is 0 Å². The highest BCUT2D eigenvalue weighted by molar-refractivity contribution is 8.00. The summed E-state index contributed by atoms with van der Waals surface area (Å²) in [5.41, 5.74) is 0.571. The van der Waals surface area contributed by atoms with Crippen molar-refractivity contribution in [3.63, 3.8) is 0 Å². The van der Waals surface area contributed by atoms with Gasteiger partial charge < -0.3 is 9.88 Å². The molecule has 4 nitrogen and oxygen atoms in total. The Labute approximate surface area is 144 Å². The lowest BCUT2D eigenvalue weighted by atomic mass is 10.1. The highest BCUT2D eigenvalue weighted by Gasteiger charge is 2.05. The van der Waals surface area contributed by atoms with E-state index in [1.807, 2.05) is 25.1 Å². The number of aromatic nitrogens is 1. The van der Waals surface area contributed by atoms with E-state index in [0.717, 1.165) is 10.3 Å². The molecule has 2 aromatic carbocycles. The number of carbonyl (C=O) groups excluding carboxylic acids is 1. The number of amides is 1. The molecule has 0 fully saturated rings. The average molecular weight is 338 g/mol. The van der Waals surface area contributed by atoms with Gasteiger partial charge in [-0.2, -0.15) is 0 Å². The first-order valence-corrected chi connectivity index (χ1v) is 8.76. The summed E-state index contributed by atoms with van der Waals surface area (Å²) < 4.78 is 1.56. The average Bonchev–Trinajstić information content (AvgIpc) is 2.61. The number of nitrogens with one attached hydrogen (secondary N) is 1. The van der Waals surface area contributed by atoms with E-state index < -0.39 is 0 Å². The summed E-state index contributed by atoms with van der Waals surface area (Å²) in [6.45, 7) is 2.47. The molecule has 0 saturated heterocycles. The highest BCUT2D eigenvalue weighted by atomic mass is 32.2. The standard InChI is InChI=1S/C19H18N2O2S/c1-2-21-12-16(8-10-19(21)23)20-18(22)13-24-17-9-7-14-5-3-4-6-15(14)11-17/h3-12H,2,13H2,1H3,(H,20,22). The van der Waals surface area contributed by atoms with Gasteiger partial charge in [0, 0.05) is 23.7 Å². The van der Waals surface area contributed by atoms with Crippen molar-refractivity contribution in [1.82, 2.24) is 4.57 Å². The van der Waals surface area contributed by atoms with Gasteiger partial charge in [-0.25, -0.2) is 0 Å². The lowest BCUT2D eigenvalue weighted by molar-refractivity contribution is -0.113. The largest absolute Gasteiger partial charge is 0.324 e. The minimum absolute atomic E-state index is 0.0685. The molecule has 1 heterocycles. The smallest absolute Gasteiger partial charge is 0.250 e. The second-order valence-electron chi connectivity index (χ2n) is 5.39. The zero-order chi connectivity index (χ0) is 16.9. The van der Waals surface area contributed by atoms with E-state index in [1.165, 1.54) is 23.2 Å². The number of pyridine rings is 1. The van der Waals surface area contributed by atoms with Gasteiger partial charge in [-0.1, -0.05) is 30.3 Å². The van der Waals surface area contributed by atoms with Gasteiger partial charge >= 0.3 is 0 Å². The van der Waals surface area contributed by atoms with Crippen molar-refractivity contribution < 1.29 is 4.79 Å².